The Morgan fingerprint density at radius 2 is 1.63 bits per heavy atom. The first-order valence-electron chi connectivity index (χ1n) is 26.3. The highest BCUT2D eigenvalue weighted by Gasteiger charge is 2.62. The number of Topliss-reactive ketones (excluding diaryl/α,β-unsaturated/α-hetero) is 1. The third kappa shape index (κ3) is 14.6. The summed E-state index contributed by atoms with van der Waals surface area (Å²) >= 11 is 1.01. The number of unbranched alkanes of at least 4 members (excludes halogenated alkanes) is 3. The lowest BCUT2D eigenvalue weighted by atomic mass is 9.88. The lowest BCUT2D eigenvalue weighted by Crippen LogP contribution is -2.74. The Morgan fingerprint density at radius 3 is 2.29 bits per heavy atom. The summed E-state index contributed by atoms with van der Waals surface area (Å²) in [5.74, 6) is -9.50. The molecule has 8 bridgehead atoms. The number of carbonyl (C=O) groups excluding carboxylic acids is 10. The number of primary amides is 1. The number of ether oxygens (including phenoxy) is 2. The fraction of sp³-hybridized carbons (Fsp3) is 0.647. The molecule has 0 saturated carbocycles. The molecular weight excluding hydrogens is 1040 g/mol. The Bertz CT molecular complexity index is 2600. The number of aromatic nitrogens is 1. The summed E-state index contributed by atoms with van der Waals surface area (Å²) in [7, 11) is 0. The minimum Gasteiger partial charge on any atom is -0.465 e. The van der Waals surface area contributed by atoms with Crippen molar-refractivity contribution >= 4 is 82.2 Å². The van der Waals surface area contributed by atoms with Crippen LogP contribution in [0.2, 0.25) is 0 Å². The van der Waals surface area contributed by atoms with Gasteiger partial charge in [-0.2, -0.15) is 0 Å². The smallest absolute Gasteiger partial charge is 0.407 e. The van der Waals surface area contributed by atoms with Crippen molar-refractivity contribution in [2.45, 2.75) is 164 Å². The van der Waals surface area contributed by atoms with Crippen LogP contribution in [-0.2, 0) is 54.3 Å². The summed E-state index contributed by atoms with van der Waals surface area (Å²) in [5.41, 5.74) is 1.03. The Hall–Kier alpha value is -6.39. The van der Waals surface area contributed by atoms with Crippen LogP contribution < -0.4 is 53.0 Å². The summed E-state index contributed by atoms with van der Waals surface area (Å²) in [6.45, 7) is 7.45. The summed E-state index contributed by atoms with van der Waals surface area (Å²) < 4.78 is 12.3. The number of aromatic amines is 1. The Balaban J connectivity index is 1.60. The number of nitrogens with zero attached hydrogens (tertiary/aromatic N) is 1. The monoisotopic (exact) mass is 1110 g/mol. The molecule has 0 radical (unpaired) electrons. The van der Waals surface area contributed by atoms with Crippen LogP contribution in [0.4, 0.5) is 4.79 Å². The average Bonchev–Trinajstić information content (AvgIpc) is 4.09. The number of carbonyl (C=O) groups is 10. The van der Waals surface area contributed by atoms with E-state index in [1.165, 1.54) is 17.9 Å². The molecule has 1 aromatic heterocycles. The van der Waals surface area contributed by atoms with E-state index in [2.05, 4.69) is 47.5 Å². The number of amides is 8. The maximum Gasteiger partial charge on any atom is 0.407 e. The minimum absolute atomic E-state index is 0.00237. The fourth-order valence-corrected chi connectivity index (χ4v) is 11.3. The van der Waals surface area contributed by atoms with Crippen LogP contribution in [0.15, 0.2) is 23.2 Å². The summed E-state index contributed by atoms with van der Waals surface area (Å²) in [5, 5.41) is 55.4. The number of aliphatic hydroxyl groups is 3. The molecule has 8 amide bonds. The summed E-state index contributed by atoms with van der Waals surface area (Å²) in [6, 6.07) is -3.24. The van der Waals surface area contributed by atoms with Gasteiger partial charge in [0, 0.05) is 55.5 Å². The molecule has 5 aliphatic rings. The first-order chi connectivity index (χ1) is 36.8. The van der Waals surface area contributed by atoms with E-state index >= 15 is 9.59 Å². The minimum atomic E-state index is -2.50. The van der Waals surface area contributed by atoms with E-state index in [4.69, 9.17) is 15.2 Å². The number of fused-ring (bicyclic) bond motifs is 6. The van der Waals surface area contributed by atoms with Crippen molar-refractivity contribution in [2.75, 3.05) is 38.5 Å². The molecule has 11 atom stereocenters. The molecule has 6 heterocycles. The van der Waals surface area contributed by atoms with Crippen LogP contribution in [0.1, 0.15) is 98.5 Å². The van der Waals surface area contributed by atoms with Crippen molar-refractivity contribution in [1.82, 2.24) is 52.4 Å². The zero-order valence-corrected chi connectivity index (χ0v) is 45.6. The van der Waals surface area contributed by atoms with Crippen LogP contribution in [0, 0.1) is 11.8 Å². The molecule has 1 aromatic carbocycles. The van der Waals surface area contributed by atoms with Gasteiger partial charge in [0.25, 0.3) is 0 Å². The van der Waals surface area contributed by atoms with Crippen LogP contribution in [0.25, 0.3) is 10.9 Å². The van der Waals surface area contributed by atoms with Gasteiger partial charge in [0.1, 0.15) is 41.2 Å². The lowest BCUT2D eigenvalue weighted by Gasteiger charge is -2.49. The topological polar surface area (TPSA) is 391 Å². The van der Waals surface area contributed by atoms with E-state index in [9.17, 15) is 53.7 Å². The number of H-pyrrole nitrogens is 1. The third-order valence-corrected chi connectivity index (χ3v) is 15.6. The molecule has 430 valence electrons. The number of thioether (sulfide) groups is 1. The van der Waals surface area contributed by atoms with Gasteiger partial charge in [-0.1, -0.05) is 40.0 Å². The average molecular weight is 1110 g/mol. The van der Waals surface area contributed by atoms with Crippen molar-refractivity contribution in [3.05, 3.63) is 23.8 Å². The number of hydrogen-bond acceptors (Lipinski definition) is 18. The molecule has 3 unspecified atom stereocenters. The fourth-order valence-electron chi connectivity index (χ4n) is 10.2. The number of alkyl carbamates (subject to hydrolysis) is 1. The highest BCUT2D eigenvalue weighted by atomic mass is 32.2. The zero-order valence-electron chi connectivity index (χ0n) is 44.8. The number of nitrogens with one attached hydrogen (secondary N) is 9. The molecule has 5 aliphatic heterocycles. The van der Waals surface area contributed by atoms with Crippen molar-refractivity contribution in [3.8, 4) is 5.75 Å². The molecule has 14 N–H and O–H groups in total. The number of hydrogen-bond donors (Lipinski definition) is 13. The molecule has 7 rings (SSSR count). The number of nitrogens with two attached hydrogens (primary N) is 1. The molecule has 0 aliphatic carbocycles. The number of benzene rings is 1. The van der Waals surface area contributed by atoms with Crippen LogP contribution >= 0.6 is 11.8 Å². The second-order valence-electron chi connectivity index (χ2n) is 21.5. The van der Waals surface area contributed by atoms with Crippen molar-refractivity contribution < 1.29 is 72.7 Å². The number of ketones is 1. The van der Waals surface area contributed by atoms with Gasteiger partial charge in [0.05, 0.1) is 54.9 Å². The first kappa shape index (κ1) is 60.8. The van der Waals surface area contributed by atoms with Gasteiger partial charge in [-0.05, 0) is 57.2 Å². The molecule has 0 spiro atoms. The Labute approximate surface area is 455 Å². The van der Waals surface area contributed by atoms with E-state index < -0.39 is 164 Å². The first-order valence-corrected chi connectivity index (χ1v) is 27.3. The van der Waals surface area contributed by atoms with Crippen LogP contribution in [0.5, 0.6) is 5.75 Å². The predicted molar refractivity (Wildman–Crippen MR) is 281 cm³/mol. The maximum absolute atomic E-state index is 16.2. The standard InChI is InChI=1S/C51H75N11O15S/c1-7-26(2)40-45(73)55-20-38(68)56-35-24-78-47-31-17-34(43(71)54-21-39(69)60-40)58-46(74)41(27(3)36(66)23-63)61-50(25-64)19-28(65)22-62(50)51(42(70)33(18-37(52)67)57-44(35)72,76-29-12-13-30(31)32(16-29)59-47)14-10-8-9-11-15-53-48(75)77-49(4,5)6/h12-13,16,25-28,33-36,40-41,59,61,63,65-66H,7-11,14-15,17-24H2,1-6H3,(H2,52,67)(H,53,75)(H,54,71)(H,55,73)(H,56,68)(H,57,72)(H,58,74)(H,60,69)/t26-,27-,28+,33-,34?,35?,36-,40-,41-,50-,51?/m0/s1. The van der Waals surface area contributed by atoms with Gasteiger partial charge in [0.15, 0.2) is 6.29 Å². The molecular formula is C51H75N11O15S. The van der Waals surface area contributed by atoms with Crippen LogP contribution in [-0.4, -0.2) is 183 Å². The highest BCUT2D eigenvalue weighted by Crippen LogP contribution is 2.42. The van der Waals surface area contributed by atoms with E-state index in [-0.39, 0.29) is 37.3 Å². The molecule has 1 saturated heterocycles. The largest absolute Gasteiger partial charge is 0.465 e. The van der Waals surface area contributed by atoms with Gasteiger partial charge in [-0.15, -0.1) is 11.8 Å². The van der Waals surface area contributed by atoms with Gasteiger partial charge in [-0.25, -0.2) is 9.69 Å². The molecule has 27 heteroatoms. The predicted octanol–water partition coefficient (Wildman–Crippen LogP) is -2.03. The third-order valence-electron chi connectivity index (χ3n) is 14.5. The van der Waals surface area contributed by atoms with Crippen molar-refractivity contribution in [3.63, 3.8) is 0 Å². The molecule has 78 heavy (non-hydrogen) atoms. The Kier molecular flexibility index (Phi) is 20.3. The van der Waals surface area contributed by atoms with E-state index in [1.807, 2.05) is 0 Å². The van der Waals surface area contributed by atoms with Crippen molar-refractivity contribution in [2.24, 2.45) is 17.6 Å². The van der Waals surface area contributed by atoms with E-state index in [1.54, 1.807) is 46.8 Å². The second kappa shape index (κ2) is 26.0. The Morgan fingerprint density at radius 1 is 0.936 bits per heavy atom. The van der Waals surface area contributed by atoms with E-state index in [0.717, 1.165) is 11.8 Å². The molecule has 2 aromatic rings. The van der Waals surface area contributed by atoms with Gasteiger partial charge < -0.3 is 72.7 Å². The number of aldehydes is 1. The van der Waals surface area contributed by atoms with Gasteiger partial charge >= 0.3 is 6.09 Å². The zero-order chi connectivity index (χ0) is 57.3. The maximum atomic E-state index is 16.2. The van der Waals surface area contributed by atoms with Gasteiger partial charge in [0.2, 0.25) is 52.9 Å². The SMILES string of the molecule is CC[C@H](C)[C@@H]1NC(=O)CNC(=O)C2Cc3c4[nH]c5cc(ccc35)OC(CCCCCCNC(=O)OC(C)(C)C)(C(=O)[C@H](CC(N)=O)NC(=O)C(CS4)NC(=O)CNC1=O)N1C[C@H](O)C[C@]1(C=O)N[C@@H]([C@@H](C)[C@@H](O)CO)C(=O)N2. The number of aliphatic hydroxyl groups excluding tert-OH is 3. The normalized spacial score (nSPS) is 28.1. The van der Waals surface area contributed by atoms with Gasteiger partial charge in [-0.3, -0.25) is 48.5 Å². The summed E-state index contributed by atoms with van der Waals surface area (Å²) in [4.78, 5) is 146. The van der Waals surface area contributed by atoms with E-state index in [0.29, 0.717) is 53.5 Å². The highest BCUT2D eigenvalue weighted by molar-refractivity contribution is 7.99. The quantitative estimate of drug-likeness (QED) is 0.0675. The van der Waals surface area contributed by atoms with Crippen LogP contribution in [0.3, 0.4) is 0 Å². The number of rotatable bonds is 15. The molecule has 26 nitrogen and oxygen atoms in total. The lowest BCUT2D eigenvalue weighted by molar-refractivity contribution is -0.176. The molecule has 1 fully saturated rings. The second-order valence-corrected chi connectivity index (χ2v) is 22.5. The summed E-state index contributed by atoms with van der Waals surface area (Å²) in [6.07, 6.45) is -3.71. The van der Waals surface area contributed by atoms with Crippen molar-refractivity contribution in [1.29, 1.82) is 0 Å².